The molecule has 1 aromatic rings. The fraction of sp³-hybridized carbons (Fsp3) is 0.538. The first-order chi connectivity index (χ1) is 8.16. The van der Waals surface area contributed by atoms with Crippen molar-refractivity contribution in [2.24, 2.45) is 5.73 Å². The molecule has 94 valence electrons. The zero-order valence-electron chi connectivity index (χ0n) is 10.0. The van der Waals surface area contributed by atoms with Gasteiger partial charge in [0, 0.05) is 28.8 Å². The molecule has 1 unspecified atom stereocenters. The first kappa shape index (κ1) is 13.1. The molecule has 2 N–H and O–H groups in total. The molecule has 0 radical (unpaired) electrons. The van der Waals surface area contributed by atoms with Crippen LogP contribution in [0, 0.1) is 0 Å². The Morgan fingerprint density at radius 3 is 3.12 bits per heavy atom. The van der Waals surface area contributed by atoms with Gasteiger partial charge in [0.05, 0.1) is 6.61 Å². The Labute approximate surface area is 112 Å². The summed E-state index contributed by atoms with van der Waals surface area (Å²) in [5.41, 5.74) is 8.20. The highest BCUT2D eigenvalue weighted by Gasteiger charge is 2.17. The van der Waals surface area contributed by atoms with E-state index in [1.807, 2.05) is 30.8 Å². The van der Waals surface area contributed by atoms with Crippen LogP contribution < -0.4 is 10.5 Å². The lowest BCUT2D eigenvalue weighted by atomic mass is 10.1. The largest absolute Gasteiger partial charge is 0.493 e. The van der Waals surface area contributed by atoms with Crippen molar-refractivity contribution in [3.8, 4) is 5.75 Å². The fourth-order valence-corrected chi connectivity index (χ4v) is 3.29. The number of fused-ring (bicyclic) bond motifs is 1. The van der Waals surface area contributed by atoms with E-state index in [0.29, 0.717) is 0 Å². The van der Waals surface area contributed by atoms with E-state index >= 15 is 0 Å². The van der Waals surface area contributed by atoms with Gasteiger partial charge in [0.2, 0.25) is 0 Å². The second-order valence-corrected chi connectivity index (χ2v) is 6.01. The first-order valence-electron chi connectivity index (χ1n) is 5.94. The second-order valence-electron chi connectivity index (χ2n) is 4.47. The highest BCUT2D eigenvalue weighted by atomic mass is 35.5. The van der Waals surface area contributed by atoms with Crippen molar-refractivity contribution >= 4 is 23.4 Å². The van der Waals surface area contributed by atoms with Gasteiger partial charge in [-0.3, -0.25) is 0 Å². The molecule has 1 heterocycles. The SMILES string of the molecule is CC(N)CCSCc1cc(Cl)cc2c1OCC2. The van der Waals surface area contributed by atoms with Gasteiger partial charge in [-0.25, -0.2) is 0 Å². The van der Waals surface area contributed by atoms with Gasteiger partial charge in [0.1, 0.15) is 5.75 Å². The summed E-state index contributed by atoms with van der Waals surface area (Å²) in [5.74, 6) is 3.09. The Morgan fingerprint density at radius 1 is 1.53 bits per heavy atom. The minimum absolute atomic E-state index is 0.281. The van der Waals surface area contributed by atoms with Crippen LogP contribution in [0.15, 0.2) is 12.1 Å². The van der Waals surface area contributed by atoms with Crippen LogP contribution in [-0.4, -0.2) is 18.4 Å². The molecule has 2 nitrogen and oxygen atoms in total. The third-order valence-corrected chi connectivity index (χ3v) is 4.06. The summed E-state index contributed by atoms with van der Waals surface area (Å²) in [7, 11) is 0. The Balaban J connectivity index is 1.96. The summed E-state index contributed by atoms with van der Waals surface area (Å²) in [6.45, 7) is 2.83. The van der Waals surface area contributed by atoms with Crippen LogP contribution in [0.1, 0.15) is 24.5 Å². The number of hydrogen-bond acceptors (Lipinski definition) is 3. The van der Waals surface area contributed by atoms with Gasteiger partial charge in [-0.15, -0.1) is 0 Å². The van der Waals surface area contributed by atoms with Crippen LogP contribution in [0.25, 0.3) is 0 Å². The van der Waals surface area contributed by atoms with Crippen LogP contribution in [0.4, 0.5) is 0 Å². The molecule has 4 heteroatoms. The van der Waals surface area contributed by atoms with Gasteiger partial charge in [-0.05, 0) is 36.8 Å². The van der Waals surface area contributed by atoms with Gasteiger partial charge in [0.15, 0.2) is 0 Å². The Morgan fingerprint density at radius 2 is 2.35 bits per heavy atom. The molecule has 0 bridgehead atoms. The van der Waals surface area contributed by atoms with E-state index in [9.17, 15) is 0 Å². The second kappa shape index (κ2) is 5.98. The van der Waals surface area contributed by atoms with E-state index in [1.54, 1.807) is 0 Å². The van der Waals surface area contributed by atoms with Crippen LogP contribution in [0.3, 0.4) is 0 Å². The van der Waals surface area contributed by atoms with Crippen molar-refractivity contribution in [3.63, 3.8) is 0 Å². The number of nitrogens with two attached hydrogens (primary N) is 1. The van der Waals surface area contributed by atoms with Crippen molar-refractivity contribution in [3.05, 3.63) is 28.3 Å². The number of rotatable bonds is 5. The van der Waals surface area contributed by atoms with E-state index < -0.39 is 0 Å². The molecule has 0 saturated carbocycles. The molecule has 0 fully saturated rings. The highest BCUT2D eigenvalue weighted by molar-refractivity contribution is 7.98. The smallest absolute Gasteiger partial charge is 0.126 e. The number of thioether (sulfide) groups is 1. The van der Waals surface area contributed by atoms with E-state index in [1.165, 1.54) is 11.1 Å². The fourth-order valence-electron chi connectivity index (χ4n) is 1.90. The van der Waals surface area contributed by atoms with E-state index in [4.69, 9.17) is 22.1 Å². The van der Waals surface area contributed by atoms with E-state index in [0.717, 1.165) is 41.7 Å². The van der Waals surface area contributed by atoms with Gasteiger partial charge in [0.25, 0.3) is 0 Å². The summed E-state index contributed by atoms with van der Waals surface area (Å²) < 4.78 is 5.67. The predicted octanol–water partition coefficient (Wildman–Crippen LogP) is 3.25. The summed E-state index contributed by atoms with van der Waals surface area (Å²) in [6.07, 6.45) is 2.03. The van der Waals surface area contributed by atoms with E-state index in [2.05, 4.69) is 0 Å². The molecule has 1 aliphatic heterocycles. The Kier molecular flexibility index (Phi) is 4.60. The highest BCUT2D eigenvalue weighted by Crippen LogP contribution is 2.34. The quantitative estimate of drug-likeness (QED) is 0.835. The Bertz CT molecular complexity index is 395. The molecule has 1 atom stereocenters. The third kappa shape index (κ3) is 3.54. The Hall–Kier alpha value is -0.380. The molecule has 0 amide bonds. The topological polar surface area (TPSA) is 35.2 Å². The molecular weight excluding hydrogens is 254 g/mol. The summed E-state index contributed by atoms with van der Waals surface area (Å²) in [5, 5.41) is 0.817. The van der Waals surface area contributed by atoms with Crippen molar-refractivity contribution in [2.75, 3.05) is 12.4 Å². The maximum atomic E-state index is 6.11. The molecule has 1 aromatic carbocycles. The molecule has 0 aromatic heterocycles. The van der Waals surface area contributed by atoms with Crippen LogP contribution in [0.2, 0.25) is 5.02 Å². The summed E-state index contributed by atoms with van der Waals surface area (Å²) >= 11 is 8.00. The molecule has 17 heavy (non-hydrogen) atoms. The lowest BCUT2D eigenvalue weighted by molar-refractivity contribution is 0.354. The molecular formula is C13H18ClNOS. The average Bonchev–Trinajstić information content (AvgIpc) is 2.71. The molecule has 0 spiro atoms. The summed E-state index contributed by atoms with van der Waals surface area (Å²) in [6, 6.07) is 4.31. The lowest BCUT2D eigenvalue weighted by Gasteiger charge is -2.09. The summed E-state index contributed by atoms with van der Waals surface area (Å²) in [4.78, 5) is 0. The van der Waals surface area contributed by atoms with Crippen molar-refractivity contribution in [2.45, 2.75) is 31.6 Å². The lowest BCUT2D eigenvalue weighted by Crippen LogP contribution is -2.15. The minimum atomic E-state index is 0.281. The van der Waals surface area contributed by atoms with Gasteiger partial charge in [-0.2, -0.15) is 11.8 Å². The monoisotopic (exact) mass is 271 g/mol. The van der Waals surface area contributed by atoms with Gasteiger partial charge < -0.3 is 10.5 Å². The van der Waals surface area contributed by atoms with Gasteiger partial charge in [-0.1, -0.05) is 11.6 Å². The van der Waals surface area contributed by atoms with Crippen molar-refractivity contribution < 1.29 is 4.74 Å². The number of ether oxygens (including phenoxy) is 1. The predicted molar refractivity (Wildman–Crippen MR) is 75.1 cm³/mol. The van der Waals surface area contributed by atoms with Gasteiger partial charge >= 0.3 is 0 Å². The number of halogens is 1. The van der Waals surface area contributed by atoms with Crippen molar-refractivity contribution in [1.29, 1.82) is 0 Å². The molecule has 0 saturated heterocycles. The maximum Gasteiger partial charge on any atom is 0.126 e. The first-order valence-corrected chi connectivity index (χ1v) is 7.47. The zero-order chi connectivity index (χ0) is 12.3. The average molecular weight is 272 g/mol. The number of hydrogen-bond donors (Lipinski definition) is 1. The number of benzene rings is 1. The molecule has 1 aliphatic rings. The molecule has 0 aliphatic carbocycles. The van der Waals surface area contributed by atoms with Crippen LogP contribution in [-0.2, 0) is 12.2 Å². The van der Waals surface area contributed by atoms with Crippen LogP contribution >= 0.6 is 23.4 Å². The maximum absolute atomic E-state index is 6.11. The normalized spacial score (nSPS) is 15.5. The minimum Gasteiger partial charge on any atom is -0.493 e. The standard InChI is InChI=1S/C13H18ClNOS/c1-9(15)3-5-17-8-11-7-12(14)6-10-2-4-16-13(10)11/h6-7,9H,2-5,8,15H2,1H3. The van der Waals surface area contributed by atoms with Crippen LogP contribution in [0.5, 0.6) is 5.75 Å². The third-order valence-electron chi connectivity index (χ3n) is 2.80. The van der Waals surface area contributed by atoms with E-state index in [-0.39, 0.29) is 6.04 Å². The zero-order valence-corrected chi connectivity index (χ0v) is 11.6. The van der Waals surface area contributed by atoms with Crippen molar-refractivity contribution in [1.82, 2.24) is 0 Å². The molecule has 2 rings (SSSR count).